The lowest BCUT2D eigenvalue weighted by Gasteiger charge is -2.34. The minimum atomic E-state index is 0.230. The Bertz CT molecular complexity index is 862. The minimum absolute atomic E-state index is 0.230. The van der Waals surface area contributed by atoms with Crippen molar-refractivity contribution in [1.29, 1.82) is 0 Å². The number of nitrogens with zero attached hydrogens (tertiary/aromatic N) is 3. The lowest BCUT2D eigenvalue weighted by Crippen LogP contribution is -2.48. The fourth-order valence-electron chi connectivity index (χ4n) is 3.33. The predicted molar refractivity (Wildman–Crippen MR) is 106 cm³/mol. The summed E-state index contributed by atoms with van der Waals surface area (Å²) in [5.41, 5.74) is 3.40. The number of aromatic nitrogens is 1. The van der Waals surface area contributed by atoms with E-state index in [2.05, 4.69) is 54.3 Å². The van der Waals surface area contributed by atoms with Gasteiger partial charge >= 0.3 is 0 Å². The van der Waals surface area contributed by atoms with Crippen LogP contribution in [0, 0.1) is 6.92 Å². The first-order valence-corrected chi connectivity index (χ1v) is 9.89. The molecule has 0 bridgehead atoms. The van der Waals surface area contributed by atoms with Crippen LogP contribution < -0.4 is 0 Å². The normalized spacial score (nSPS) is 15.5. The maximum absolute atomic E-state index is 12.5. The zero-order valence-corrected chi connectivity index (χ0v) is 15.8. The smallest absolute Gasteiger partial charge is 0.227 e. The first-order valence-electron chi connectivity index (χ1n) is 9.07. The molecule has 0 N–H and O–H groups in total. The van der Waals surface area contributed by atoms with E-state index in [4.69, 9.17) is 4.98 Å². The van der Waals surface area contributed by atoms with Gasteiger partial charge in [-0.2, -0.15) is 0 Å². The number of para-hydroxylation sites is 1. The molecular weight excluding hydrogens is 342 g/mol. The molecule has 1 aromatic heterocycles. The highest BCUT2D eigenvalue weighted by atomic mass is 32.1. The summed E-state index contributed by atoms with van der Waals surface area (Å²) in [5, 5.41) is 1.16. The van der Waals surface area contributed by atoms with Gasteiger partial charge < -0.3 is 4.90 Å². The molecule has 134 valence electrons. The van der Waals surface area contributed by atoms with Crippen molar-refractivity contribution in [1.82, 2.24) is 14.8 Å². The van der Waals surface area contributed by atoms with E-state index in [1.165, 1.54) is 10.3 Å². The van der Waals surface area contributed by atoms with E-state index < -0.39 is 0 Å². The van der Waals surface area contributed by atoms with Crippen LogP contribution in [-0.4, -0.2) is 46.9 Å². The van der Waals surface area contributed by atoms with E-state index in [0.29, 0.717) is 6.42 Å². The van der Waals surface area contributed by atoms with Crippen molar-refractivity contribution in [3.8, 4) is 0 Å². The summed E-state index contributed by atoms with van der Waals surface area (Å²) in [7, 11) is 0. The third-order valence-corrected chi connectivity index (χ3v) is 5.92. The van der Waals surface area contributed by atoms with E-state index in [-0.39, 0.29) is 5.91 Å². The van der Waals surface area contributed by atoms with Gasteiger partial charge in [-0.3, -0.25) is 9.69 Å². The van der Waals surface area contributed by atoms with Crippen LogP contribution in [0.15, 0.2) is 48.5 Å². The third-order valence-electron chi connectivity index (χ3n) is 4.90. The van der Waals surface area contributed by atoms with Crippen molar-refractivity contribution in [2.75, 3.05) is 26.2 Å². The summed E-state index contributed by atoms with van der Waals surface area (Å²) >= 11 is 1.77. The number of hydrogen-bond donors (Lipinski definition) is 0. The largest absolute Gasteiger partial charge is 0.340 e. The molecule has 0 radical (unpaired) electrons. The summed E-state index contributed by atoms with van der Waals surface area (Å²) in [5.74, 6) is 0.230. The lowest BCUT2D eigenvalue weighted by atomic mass is 10.1. The average molecular weight is 366 g/mol. The van der Waals surface area contributed by atoms with Gasteiger partial charge in [-0.05, 0) is 24.6 Å². The molecule has 5 heteroatoms. The second kappa shape index (κ2) is 7.56. The molecule has 2 heterocycles. The number of benzene rings is 2. The monoisotopic (exact) mass is 365 g/mol. The molecule has 0 aliphatic carbocycles. The van der Waals surface area contributed by atoms with Gasteiger partial charge in [0, 0.05) is 26.2 Å². The van der Waals surface area contributed by atoms with Crippen LogP contribution in [0.5, 0.6) is 0 Å². The van der Waals surface area contributed by atoms with E-state index in [9.17, 15) is 4.79 Å². The summed E-state index contributed by atoms with van der Waals surface area (Å²) in [4.78, 5) is 21.6. The molecule has 4 rings (SSSR count). The number of hydrogen-bond acceptors (Lipinski definition) is 4. The molecule has 0 saturated carbocycles. The van der Waals surface area contributed by atoms with Crippen LogP contribution in [0.3, 0.4) is 0 Å². The number of carbonyl (C=O) groups is 1. The van der Waals surface area contributed by atoms with E-state index >= 15 is 0 Å². The summed E-state index contributed by atoms with van der Waals surface area (Å²) in [6.07, 6.45) is 0.498. The molecule has 0 unspecified atom stereocenters. The average Bonchev–Trinajstić information content (AvgIpc) is 3.06. The second-order valence-electron chi connectivity index (χ2n) is 6.89. The summed E-state index contributed by atoms with van der Waals surface area (Å²) in [6.45, 7) is 6.37. The quantitative estimate of drug-likeness (QED) is 0.710. The van der Waals surface area contributed by atoms with E-state index in [1.807, 2.05) is 11.0 Å². The highest BCUT2D eigenvalue weighted by Crippen LogP contribution is 2.23. The highest BCUT2D eigenvalue weighted by molar-refractivity contribution is 7.18. The molecule has 1 amide bonds. The van der Waals surface area contributed by atoms with Crippen molar-refractivity contribution in [2.45, 2.75) is 19.9 Å². The fraction of sp³-hybridized carbons (Fsp3) is 0.333. The molecule has 4 nitrogen and oxygen atoms in total. The number of aryl methyl sites for hydroxylation is 1. The van der Waals surface area contributed by atoms with Gasteiger partial charge in [0.25, 0.3) is 0 Å². The number of amides is 1. The van der Waals surface area contributed by atoms with Crippen molar-refractivity contribution in [2.24, 2.45) is 0 Å². The maximum Gasteiger partial charge on any atom is 0.227 e. The molecule has 2 aromatic carbocycles. The minimum Gasteiger partial charge on any atom is -0.340 e. The zero-order chi connectivity index (χ0) is 17.9. The van der Waals surface area contributed by atoms with E-state index in [0.717, 1.165) is 48.8 Å². The Hall–Kier alpha value is -2.24. The molecular formula is C21H23N3OS. The van der Waals surface area contributed by atoms with Gasteiger partial charge in [-0.25, -0.2) is 4.98 Å². The highest BCUT2D eigenvalue weighted by Gasteiger charge is 2.22. The van der Waals surface area contributed by atoms with Crippen molar-refractivity contribution in [3.63, 3.8) is 0 Å². The Balaban J connectivity index is 1.30. The van der Waals surface area contributed by atoms with Gasteiger partial charge in [0.2, 0.25) is 5.91 Å². The van der Waals surface area contributed by atoms with Crippen LogP contribution in [0.1, 0.15) is 16.1 Å². The Morgan fingerprint density at radius 3 is 2.50 bits per heavy atom. The SMILES string of the molecule is Cc1ccc(CC(=O)N2CCN(Cc3nc4ccccc4s3)CC2)cc1. The van der Waals surface area contributed by atoms with Gasteiger partial charge in [0.15, 0.2) is 0 Å². The van der Waals surface area contributed by atoms with Crippen LogP contribution >= 0.6 is 11.3 Å². The van der Waals surface area contributed by atoms with Gasteiger partial charge in [0.1, 0.15) is 5.01 Å². The van der Waals surface area contributed by atoms with Crippen LogP contribution in [-0.2, 0) is 17.8 Å². The zero-order valence-electron chi connectivity index (χ0n) is 15.0. The topological polar surface area (TPSA) is 36.4 Å². The molecule has 0 atom stereocenters. The Kier molecular flexibility index (Phi) is 5.00. The Morgan fingerprint density at radius 1 is 1.04 bits per heavy atom. The second-order valence-corrected chi connectivity index (χ2v) is 8.01. The number of thiazole rings is 1. The van der Waals surface area contributed by atoms with Crippen LogP contribution in [0.4, 0.5) is 0 Å². The third kappa shape index (κ3) is 3.94. The summed E-state index contributed by atoms with van der Waals surface area (Å²) in [6, 6.07) is 16.5. The van der Waals surface area contributed by atoms with Crippen molar-refractivity contribution in [3.05, 3.63) is 64.7 Å². The van der Waals surface area contributed by atoms with Crippen molar-refractivity contribution < 1.29 is 4.79 Å². The standard InChI is InChI=1S/C21H23N3OS/c1-16-6-8-17(9-7-16)14-21(25)24-12-10-23(11-13-24)15-20-22-18-4-2-3-5-19(18)26-20/h2-9H,10-15H2,1H3. The first-order chi connectivity index (χ1) is 12.7. The van der Waals surface area contributed by atoms with E-state index in [1.54, 1.807) is 11.3 Å². The molecule has 3 aromatic rings. The molecule has 1 fully saturated rings. The van der Waals surface area contributed by atoms with Gasteiger partial charge in [-0.1, -0.05) is 42.0 Å². The number of carbonyl (C=O) groups excluding carboxylic acids is 1. The van der Waals surface area contributed by atoms with Crippen LogP contribution in [0.25, 0.3) is 10.2 Å². The molecule has 1 aliphatic heterocycles. The molecule has 26 heavy (non-hydrogen) atoms. The van der Waals surface area contributed by atoms with Crippen molar-refractivity contribution >= 4 is 27.5 Å². The molecule has 1 saturated heterocycles. The maximum atomic E-state index is 12.5. The first kappa shape index (κ1) is 17.2. The number of fused-ring (bicyclic) bond motifs is 1. The lowest BCUT2D eigenvalue weighted by molar-refractivity contribution is -0.132. The molecule has 0 spiro atoms. The summed E-state index contributed by atoms with van der Waals surface area (Å²) < 4.78 is 1.24. The predicted octanol–water partition coefficient (Wildman–Crippen LogP) is 3.49. The van der Waals surface area contributed by atoms with Gasteiger partial charge in [-0.15, -0.1) is 11.3 Å². The Morgan fingerprint density at radius 2 is 1.77 bits per heavy atom. The van der Waals surface area contributed by atoms with Gasteiger partial charge in [0.05, 0.1) is 23.2 Å². The van der Waals surface area contributed by atoms with Crippen LogP contribution in [0.2, 0.25) is 0 Å². The number of piperazine rings is 1. The Labute approximate surface area is 158 Å². The fourth-order valence-corrected chi connectivity index (χ4v) is 4.34. The molecule has 1 aliphatic rings. The number of rotatable bonds is 4.